The predicted molar refractivity (Wildman–Crippen MR) is 104 cm³/mol. The maximum Gasteiger partial charge on any atom is 0.255 e. The molecule has 0 fully saturated rings. The van der Waals surface area contributed by atoms with Gasteiger partial charge in [0.2, 0.25) is 0 Å². The molecule has 0 unspecified atom stereocenters. The van der Waals surface area contributed by atoms with E-state index < -0.39 is 0 Å². The summed E-state index contributed by atoms with van der Waals surface area (Å²) >= 11 is 0. The Balaban J connectivity index is 1.56. The van der Waals surface area contributed by atoms with Crippen molar-refractivity contribution in [2.24, 2.45) is 0 Å². The predicted octanol–water partition coefficient (Wildman–Crippen LogP) is 3.33. The third-order valence-electron chi connectivity index (χ3n) is 4.16. The van der Waals surface area contributed by atoms with Crippen LogP contribution in [0.5, 0.6) is 0 Å². The van der Waals surface area contributed by atoms with Crippen molar-refractivity contribution in [2.45, 2.75) is 13.5 Å². The number of fused-ring (bicyclic) bond motifs is 1. The van der Waals surface area contributed by atoms with E-state index >= 15 is 0 Å². The van der Waals surface area contributed by atoms with Crippen LogP contribution in [0.1, 0.15) is 21.6 Å². The van der Waals surface area contributed by atoms with Gasteiger partial charge in [0, 0.05) is 35.7 Å². The minimum Gasteiger partial charge on any atom is -0.348 e. The topological polar surface area (TPSA) is 95.6 Å². The highest BCUT2D eigenvalue weighted by Crippen LogP contribution is 2.23. The number of rotatable bonds is 5. The molecule has 0 saturated carbocycles. The summed E-state index contributed by atoms with van der Waals surface area (Å²) in [7, 11) is 0. The number of amides is 1. The zero-order valence-corrected chi connectivity index (χ0v) is 14.7. The van der Waals surface area contributed by atoms with Gasteiger partial charge in [0.05, 0.1) is 17.3 Å². The number of aryl methyl sites for hydroxylation is 1. The second kappa shape index (κ2) is 7.25. The Morgan fingerprint density at radius 3 is 2.93 bits per heavy atom. The quantitative estimate of drug-likeness (QED) is 0.508. The summed E-state index contributed by atoms with van der Waals surface area (Å²) in [5.74, 6) is 0.319. The van der Waals surface area contributed by atoms with E-state index in [9.17, 15) is 4.79 Å². The van der Waals surface area contributed by atoms with Gasteiger partial charge in [-0.1, -0.05) is 6.07 Å². The van der Waals surface area contributed by atoms with E-state index in [2.05, 4.69) is 30.8 Å². The maximum atomic E-state index is 12.7. The lowest BCUT2D eigenvalue weighted by molar-refractivity contribution is 0.0951. The van der Waals surface area contributed by atoms with Crippen molar-refractivity contribution in [3.05, 3.63) is 77.9 Å². The fourth-order valence-electron chi connectivity index (χ4n) is 2.77. The lowest BCUT2D eigenvalue weighted by Gasteiger charge is -2.12. The first-order valence-corrected chi connectivity index (χ1v) is 8.54. The van der Waals surface area contributed by atoms with E-state index in [1.807, 2.05) is 43.3 Å². The number of nitrogens with zero attached hydrogens (tertiary/aromatic N) is 3. The number of hydrogen-bond acceptors (Lipinski definition) is 5. The standard InChI is InChI=1S/C20H18N6O/c1-13-4-6-17(20(27)22-11-14-3-2-8-21-10-14)19(24-13)25-16-5-7-18-15(9-16)12-23-26-18/h2-10,12H,11H2,1H3,(H,22,27)(H,23,26)(H,24,25). The van der Waals surface area contributed by atoms with Crippen molar-refractivity contribution >= 4 is 28.3 Å². The summed E-state index contributed by atoms with van der Waals surface area (Å²) in [6.45, 7) is 2.29. The van der Waals surface area contributed by atoms with E-state index in [4.69, 9.17) is 0 Å². The molecule has 0 atom stereocenters. The van der Waals surface area contributed by atoms with Crippen LogP contribution < -0.4 is 10.6 Å². The van der Waals surface area contributed by atoms with Gasteiger partial charge in [-0.05, 0) is 48.9 Å². The van der Waals surface area contributed by atoms with Gasteiger partial charge < -0.3 is 10.6 Å². The first-order valence-electron chi connectivity index (χ1n) is 8.54. The Hall–Kier alpha value is -3.74. The maximum absolute atomic E-state index is 12.7. The molecule has 7 nitrogen and oxygen atoms in total. The molecule has 1 amide bonds. The van der Waals surface area contributed by atoms with Crippen LogP contribution in [0.4, 0.5) is 11.5 Å². The van der Waals surface area contributed by atoms with Gasteiger partial charge in [-0.2, -0.15) is 5.10 Å². The second-order valence-electron chi connectivity index (χ2n) is 6.19. The first kappa shape index (κ1) is 16.7. The molecular formula is C20H18N6O. The molecule has 4 rings (SSSR count). The Morgan fingerprint density at radius 2 is 2.07 bits per heavy atom. The zero-order chi connectivity index (χ0) is 18.6. The minimum atomic E-state index is -0.196. The second-order valence-corrected chi connectivity index (χ2v) is 6.19. The first-order chi connectivity index (χ1) is 13.2. The van der Waals surface area contributed by atoms with Gasteiger partial charge in [0.1, 0.15) is 5.82 Å². The van der Waals surface area contributed by atoms with Crippen molar-refractivity contribution < 1.29 is 4.79 Å². The highest BCUT2D eigenvalue weighted by molar-refractivity contribution is 5.99. The van der Waals surface area contributed by atoms with Crippen molar-refractivity contribution in [1.29, 1.82) is 0 Å². The lowest BCUT2D eigenvalue weighted by Crippen LogP contribution is -2.24. The zero-order valence-electron chi connectivity index (χ0n) is 14.7. The van der Waals surface area contributed by atoms with E-state index in [-0.39, 0.29) is 5.91 Å². The van der Waals surface area contributed by atoms with Crippen LogP contribution in [0.2, 0.25) is 0 Å². The summed E-state index contributed by atoms with van der Waals surface area (Å²) in [6, 6.07) is 13.2. The Morgan fingerprint density at radius 1 is 1.15 bits per heavy atom. The molecule has 3 aromatic heterocycles. The van der Waals surface area contributed by atoms with Crippen molar-refractivity contribution in [3.8, 4) is 0 Å². The van der Waals surface area contributed by atoms with Crippen molar-refractivity contribution in [1.82, 2.24) is 25.5 Å². The monoisotopic (exact) mass is 358 g/mol. The third-order valence-corrected chi connectivity index (χ3v) is 4.16. The van der Waals surface area contributed by atoms with Gasteiger partial charge in [-0.25, -0.2) is 4.98 Å². The number of carbonyl (C=O) groups excluding carboxylic acids is 1. The molecule has 0 radical (unpaired) electrons. The average Bonchev–Trinajstić information content (AvgIpc) is 3.15. The van der Waals surface area contributed by atoms with E-state index in [0.717, 1.165) is 27.8 Å². The average molecular weight is 358 g/mol. The third kappa shape index (κ3) is 3.77. The number of anilines is 2. The molecular weight excluding hydrogens is 340 g/mol. The molecule has 134 valence electrons. The molecule has 7 heteroatoms. The molecule has 0 spiro atoms. The van der Waals surface area contributed by atoms with Gasteiger partial charge in [0.15, 0.2) is 0 Å². The Kier molecular flexibility index (Phi) is 4.49. The van der Waals surface area contributed by atoms with Gasteiger partial charge in [-0.15, -0.1) is 0 Å². The van der Waals surface area contributed by atoms with Crippen LogP contribution >= 0.6 is 0 Å². The van der Waals surface area contributed by atoms with Gasteiger partial charge >= 0.3 is 0 Å². The largest absolute Gasteiger partial charge is 0.348 e. The molecule has 0 aliphatic rings. The van der Waals surface area contributed by atoms with Crippen LogP contribution in [0.25, 0.3) is 10.9 Å². The van der Waals surface area contributed by atoms with Gasteiger partial charge in [0.25, 0.3) is 5.91 Å². The fraction of sp³-hybridized carbons (Fsp3) is 0.100. The Bertz CT molecular complexity index is 1090. The number of nitrogens with one attached hydrogen (secondary N) is 3. The summed E-state index contributed by atoms with van der Waals surface area (Å²) in [4.78, 5) is 21.2. The van der Waals surface area contributed by atoms with Gasteiger partial charge in [-0.3, -0.25) is 14.9 Å². The summed E-state index contributed by atoms with van der Waals surface area (Å²) in [5, 5.41) is 14.1. The highest BCUT2D eigenvalue weighted by Gasteiger charge is 2.13. The molecule has 3 N–H and O–H groups in total. The van der Waals surface area contributed by atoms with Crippen molar-refractivity contribution in [2.75, 3.05) is 5.32 Å². The minimum absolute atomic E-state index is 0.196. The van der Waals surface area contributed by atoms with Crippen LogP contribution in [-0.2, 0) is 6.54 Å². The van der Waals surface area contributed by atoms with Crippen LogP contribution in [0.3, 0.4) is 0 Å². The molecule has 27 heavy (non-hydrogen) atoms. The number of hydrogen-bond donors (Lipinski definition) is 3. The number of aromatic amines is 1. The number of pyridine rings is 2. The molecule has 0 aliphatic carbocycles. The number of benzene rings is 1. The van der Waals surface area contributed by atoms with Crippen molar-refractivity contribution in [3.63, 3.8) is 0 Å². The van der Waals surface area contributed by atoms with Crippen LogP contribution in [-0.4, -0.2) is 26.1 Å². The van der Waals surface area contributed by atoms with Crippen LogP contribution in [0.15, 0.2) is 61.1 Å². The molecule has 1 aromatic carbocycles. The van der Waals surface area contributed by atoms with E-state index in [1.165, 1.54) is 0 Å². The summed E-state index contributed by atoms with van der Waals surface area (Å²) in [6.07, 6.45) is 5.19. The number of carbonyl (C=O) groups is 1. The summed E-state index contributed by atoms with van der Waals surface area (Å²) < 4.78 is 0. The molecule has 0 aliphatic heterocycles. The van der Waals surface area contributed by atoms with Crippen LogP contribution in [0, 0.1) is 6.92 Å². The Labute approximate surface area is 155 Å². The lowest BCUT2D eigenvalue weighted by atomic mass is 10.2. The summed E-state index contributed by atoms with van der Waals surface area (Å²) in [5.41, 5.74) is 4.03. The highest BCUT2D eigenvalue weighted by atomic mass is 16.1. The molecule has 3 heterocycles. The SMILES string of the molecule is Cc1ccc(C(=O)NCc2cccnc2)c(Nc2ccc3[nH]ncc3c2)n1. The molecule has 4 aromatic rings. The fourth-order valence-corrected chi connectivity index (χ4v) is 2.77. The van der Waals surface area contributed by atoms with E-state index in [1.54, 1.807) is 24.7 Å². The number of aromatic nitrogens is 4. The molecule has 0 bridgehead atoms. The number of H-pyrrole nitrogens is 1. The smallest absolute Gasteiger partial charge is 0.255 e. The van der Waals surface area contributed by atoms with E-state index in [0.29, 0.717) is 17.9 Å². The normalized spacial score (nSPS) is 10.7. The molecule has 0 saturated heterocycles.